The van der Waals surface area contributed by atoms with Crippen LogP contribution in [0, 0.1) is 6.92 Å². The molecule has 1 atom stereocenters. The largest absolute Gasteiger partial charge is 0.377 e. The highest BCUT2D eigenvalue weighted by atomic mass is 32.2. The summed E-state index contributed by atoms with van der Waals surface area (Å²) in [4.78, 5) is 4.56. The molecular weight excluding hydrogens is 244 g/mol. The number of nitrogens with one attached hydrogen (secondary N) is 1. The molecule has 2 rings (SSSR count). The van der Waals surface area contributed by atoms with E-state index in [0.29, 0.717) is 6.10 Å². The van der Waals surface area contributed by atoms with Crippen LogP contribution in [-0.2, 0) is 11.3 Å². The number of nitrogens with zero attached hydrogens (tertiary/aromatic N) is 1. The molecular formula is C14H22N2OS. The molecule has 1 aliphatic heterocycles. The van der Waals surface area contributed by atoms with Crippen LogP contribution < -0.4 is 5.32 Å². The minimum absolute atomic E-state index is 0.428. The fraction of sp³-hybridized carbons (Fsp3) is 0.643. The van der Waals surface area contributed by atoms with Crippen molar-refractivity contribution in [3.63, 3.8) is 0 Å². The van der Waals surface area contributed by atoms with Gasteiger partial charge in [0.15, 0.2) is 0 Å². The Morgan fingerprint density at radius 1 is 1.56 bits per heavy atom. The summed E-state index contributed by atoms with van der Waals surface area (Å²) >= 11 is 1.82. The predicted octanol–water partition coefficient (Wildman–Crippen LogP) is 2.77. The van der Waals surface area contributed by atoms with E-state index in [4.69, 9.17) is 4.74 Å². The molecule has 1 aliphatic rings. The van der Waals surface area contributed by atoms with Gasteiger partial charge in [-0.3, -0.25) is 0 Å². The van der Waals surface area contributed by atoms with Gasteiger partial charge in [-0.25, -0.2) is 4.98 Å². The number of hydrogen-bond acceptors (Lipinski definition) is 4. The fourth-order valence-corrected chi connectivity index (χ4v) is 3.11. The Bertz CT molecular complexity index is 378. The fourth-order valence-electron chi connectivity index (χ4n) is 2.09. The quantitative estimate of drug-likeness (QED) is 0.803. The van der Waals surface area contributed by atoms with Crippen LogP contribution in [-0.4, -0.2) is 30.0 Å². The second kappa shape index (κ2) is 7.12. The van der Waals surface area contributed by atoms with E-state index in [9.17, 15) is 0 Å². The first kappa shape index (κ1) is 13.8. The lowest BCUT2D eigenvalue weighted by molar-refractivity contribution is 0.129. The molecule has 1 aromatic heterocycles. The van der Waals surface area contributed by atoms with Gasteiger partial charge in [0.25, 0.3) is 0 Å². The molecule has 0 radical (unpaired) electrons. The van der Waals surface area contributed by atoms with Crippen LogP contribution >= 0.6 is 11.8 Å². The zero-order valence-electron chi connectivity index (χ0n) is 11.2. The van der Waals surface area contributed by atoms with E-state index >= 15 is 0 Å². The highest BCUT2D eigenvalue weighted by molar-refractivity contribution is 7.99. The zero-order valence-corrected chi connectivity index (χ0v) is 12.1. The maximum absolute atomic E-state index is 5.63. The summed E-state index contributed by atoms with van der Waals surface area (Å²) < 4.78 is 5.63. The lowest BCUT2D eigenvalue weighted by Crippen LogP contribution is -2.12. The second-order valence-electron chi connectivity index (χ2n) is 4.69. The van der Waals surface area contributed by atoms with E-state index in [1.807, 2.05) is 18.0 Å². The van der Waals surface area contributed by atoms with Gasteiger partial charge in [0.2, 0.25) is 0 Å². The lowest BCUT2D eigenvalue weighted by Gasteiger charge is -2.10. The van der Waals surface area contributed by atoms with Gasteiger partial charge in [0.05, 0.1) is 11.1 Å². The minimum atomic E-state index is 0.428. The number of pyridine rings is 1. The highest BCUT2D eigenvalue weighted by Gasteiger charge is 2.16. The molecule has 18 heavy (non-hydrogen) atoms. The topological polar surface area (TPSA) is 34.2 Å². The van der Waals surface area contributed by atoms with Gasteiger partial charge in [-0.15, -0.1) is 11.8 Å². The van der Waals surface area contributed by atoms with Crippen molar-refractivity contribution in [1.29, 1.82) is 0 Å². The van der Waals surface area contributed by atoms with Crippen molar-refractivity contribution in [2.45, 2.75) is 44.4 Å². The summed E-state index contributed by atoms with van der Waals surface area (Å²) in [5.74, 6) is 1.03. The summed E-state index contributed by atoms with van der Waals surface area (Å²) in [7, 11) is 0. The van der Waals surface area contributed by atoms with Gasteiger partial charge in [0.1, 0.15) is 0 Å². The SMILES string of the molecule is CCNCc1cnc(SCC2CCCO2)c(C)c1. The third-order valence-corrected chi connectivity index (χ3v) is 4.34. The van der Waals surface area contributed by atoms with Crippen LogP contribution in [0.25, 0.3) is 0 Å². The summed E-state index contributed by atoms with van der Waals surface area (Å²) in [5, 5.41) is 4.47. The van der Waals surface area contributed by atoms with E-state index in [0.717, 1.165) is 30.5 Å². The maximum atomic E-state index is 5.63. The third-order valence-electron chi connectivity index (χ3n) is 3.10. The van der Waals surface area contributed by atoms with Gasteiger partial charge in [0, 0.05) is 25.1 Å². The number of aromatic nitrogens is 1. The summed E-state index contributed by atoms with van der Waals surface area (Å²) in [6.45, 7) is 7.08. The van der Waals surface area contributed by atoms with Gasteiger partial charge in [-0.2, -0.15) is 0 Å². The minimum Gasteiger partial charge on any atom is -0.377 e. The Kier molecular flexibility index (Phi) is 5.47. The summed E-state index contributed by atoms with van der Waals surface area (Å²) in [5.41, 5.74) is 2.53. The smallest absolute Gasteiger partial charge is 0.0990 e. The van der Waals surface area contributed by atoms with Crippen molar-refractivity contribution in [2.24, 2.45) is 0 Å². The van der Waals surface area contributed by atoms with E-state index in [2.05, 4.69) is 30.2 Å². The summed E-state index contributed by atoms with van der Waals surface area (Å²) in [6, 6.07) is 2.23. The molecule has 1 saturated heterocycles. The first-order valence-corrected chi connectivity index (χ1v) is 7.68. The Hall–Kier alpha value is -0.580. The van der Waals surface area contributed by atoms with Gasteiger partial charge >= 0.3 is 0 Å². The Balaban J connectivity index is 1.87. The molecule has 3 nitrogen and oxygen atoms in total. The number of thioether (sulfide) groups is 1. The van der Waals surface area contributed by atoms with Crippen molar-refractivity contribution in [3.05, 3.63) is 23.4 Å². The molecule has 4 heteroatoms. The first-order chi connectivity index (χ1) is 8.79. The van der Waals surface area contributed by atoms with Crippen LogP contribution in [0.3, 0.4) is 0 Å². The third kappa shape index (κ3) is 3.97. The van der Waals surface area contributed by atoms with Gasteiger partial charge in [-0.1, -0.05) is 13.0 Å². The predicted molar refractivity (Wildman–Crippen MR) is 76.1 cm³/mol. The van der Waals surface area contributed by atoms with Crippen molar-refractivity contribution in [1.82, 2.24) is 10.3 Å². The highest BCUT2D eigenvalue weighted by Crippen LogP contribution is 2.25. The maximum Gasteiger partial charge on any atom is 0.0990 e. The molecule has 0 bridgehead atoms. The molecule has 0 aliphatic carbocycles. The standard InChI is InChI=1S/C14H22N2OS/c1-3-15-8-12-7-11(2)14(16-9-12)18-10-13-5-4-6-17-13/h7,9,13,15H,3-6,8,10H2,1-2H3. The normalized spacial score (nSPS) is 19.3. The Morgan fingerprint density at radius 3 is 3.11 bits per heavy atom. The molecule has 1 unspecified atom stereocenters. The summed E-state index contributed by atoms with van der Waals surface area (Å²) in [6.07, 6.45) is 4.81. The average Bonchev–Trinajstić information content (AvgIpc) is 2.88. The van der Waals surface area contributed by atoms with E-state index < -0.39 is 0 Å². The van der Waals surface area contributed by atoms with Gasteiger partial charge in [-0.05, 0) is 37.4 Å². The van der Waals surface area contributed by atoms with Crippen molar-refractivity contribution in [2.75, 3.05) is 18.9 Å². The molecule has 100 valence electrons. The molecule has 1 fully saturated rings. The van der Waals surface area contributed by atoms with E-state index in [-0.39, 0.29) is 0 Å². The van der Waals surface area contributed by atoms with Crippen molar-refractivity contribution >= 4 is 11.8 Å². The number of rotatable bonds is 6. The second-order valence-corrected chi connectivity index (χ2v) is 5.70. The lowest BCUT2D eigenvalue weighted by atomic mass is 10.2. The number of hydrogen-bond donors (Lipinski definition) is 1. The van der Waals surface area contributed by atoms with Crippen molar-refractivity contribution < 1.29 is 4.74 Å². The van der Waals surface area contributed by atoms with Crippen LogP contribution in [0.5, 0.6) is 0 Å². The molecule has 0 amide bonds. The zero-order chi connectivity index (χ0) is 12.8. The Morgan fingerprint density at radius 2 is 2.44 bits per heavy atom. The van der Waals surface area contributed by atoms with Crippen molar-refractivity contribution in [3.8, 4) is 0 Å². The number of ether oxygens (including phenoxy) is 1. The van der Waals surface area contributed by atoms with Gasteiger partial charge < -0.3 is 10.1 Å². The molecule has 2 heterocycles. The Labute approximate surface area is 114 Å². The molecule has 0 spiro atoms. The monoisotopic (exact) mass is 266 g/mol. The van der Waals surface area contributed by atoms with E-state index in [1.165, 1.54) is 24.0 Å². The molecule has 1 N–H and O–H groups in total. The van der Waals surface area contributed by atoms with Crippen LogP contribution in [0.4, 0.5) is 0 Å². The number of aryl methyl sites for hydroxylation is 1. The van der Waals surface area contributed by atoms with E-state index in [1.54, 1.807) is 0 Å². The van der Waals surface area contributed by atoms with Crippen LogP contribution in [0.15, 0.2) is 17.3 Å². The molecule has 1 aromatic rings. The average molecular weight is 266 g/mol. The van der Waals surface area contributed by atoms with Crippen LogP contribution in [0.2, 0.25) is 0 Å². The van der Waals surface area contributed by atoms with Crippen LogP contribution in [0.1, 0.15) is 30.9 Å². The molecule has 0 saturated carbocycles. The molecule has 0 aromatic carbocycles. The first-order valence-electron chi connectivity index (χ1n) is 6.70.